The molecule has 2 fully saturated rings. The van der Waals surface area contributed by atoms with Crippen molar-refractivity contribution >= 4 is 34.3 Å². The van der Waals surface area contributed by atoms with E-state index in [0.29, 0.717) is 47.8 Å². The zero-order valence-corrected chi connectivity index (χ0v) is 21.2. The van der Waals surface area contributed by atoms with Gasteiger partial charge in [0.15, 0.2) is 0 Å². The van der Waals surface area contributed by atoms with Crippen LogP contribution in [0.2, 0.25) is 0 Å². The quantitative estimate of drug-likeness (QED) is 0.590. The van der Waals surface area contributed by atoms with Gasteiger partial charge < -0.3 is 15.0 Å². The highest BCUT2D eigenvalue weighted by molar-refractivity contribution is 8.06. The largest absolute Gasteiger partial charge is 0.379 e. The minimum Gasteiger partial charge on any atom is -0.379 e. The van der Waals surface area contributed by atoms with Crippen LogP contribution in [0, 0.1) is 0 Å². The van der Waals surface area contributed by atoms with Gasteiger partial charge in [-0.05, 0) is 56.7 Å². The van der Waals surface area contributed by atoms with E-state index < -0.39 is 11.0 Å². The highest BCUT2D eigenvalue weighted by Crippen LogP contribution is 2.32. The number of benzene rings is 1. The van der Waals surface area contributed by atoms with E-state index in [1.54, 1.807) is 6.07 Å². The number of carbonyl (C=O) groups is 1. The lowest BCUT2D eigenvalue weighted by Crippen LogP contribution is -2.37. The van der Waals surface area contributed by atoms with Crippen LogP contribution in [0.5, 0.6) is 0 Å². The smallest absolute Gasteiger partial charge is 0.258 e. The molecule has 0 spiro atoms. The SMILES string of the molecule is C=C(NC(=O)c1cc(S(=O)N2CCOCC2)ccc1N(C)C1CCCC1)SC(C)=C(C)C. The highest BCUT2D eigenvalue weighted by atomic mass is 32.2. The number of rotatable bonds is 8. The summed E-state index contributed by atoms with van der Waals surface area (Å²) in [7, 11) is 0.725. The van der Waals surface area contributed by atoms with Crippen LogP contribution in [0.1, 0.15) is 56.8 Å². The fraction of sp³-hybridized carbons (Fsp3) is 0.542. The third-order valence-corrected chi connectivity index (χ3v) is 8.66. The van der Waals surface area contributed by atoms with Crippen LogP contribution in [-0.2, 0) is 15.7 Å². The molecule has 1 aromatic rings. The molecule has 3 rings (SSSR count). The van der Waals surface area contributed by atoms with Gasteiger partial charge in [-0.3, -0.25) is 4.79 Å². The maximum Gasteiger partial charge on any atom is 0.258 e. The van der Waals surface area contributed by atoms with E-state index in [1.165, 1.54) is 30.2 Å². The summed E-state index contributed by atoms with van der Waals surface area (Å²) in [5, 5.41) is 3.54. The molecule has 1 heterocycles. The summed E-state index contributed by atoms with van der Waals surface area (Å²) < 4.78 is 20.4. The monoisotopic (exact) mass is 477 g/mol. The molecular weight excluding hydrogens is 442 g/mol. The molecule has 1 N–H and O–H groups in total. The van der Waals surface area contributed by atoms with Crippen LogP contribution in [0.3, 0.4) is 0 Å². The van der Waals surface area contributed by atoms with Crippen LogP contribution < -0.4 is 10.2 Å². The molecule has 0 radical (unpaired) electrons. The summed E-state index contributed by atoms with van der Waals surface area (Å²) in [5.41, 5.74) is 2.60. The van der Waals surface area contributed by atoms with Crippen LogP contribution in [0.4, 0.5) is 5.69 Å². The molecule has 1 unspecified atom stereocenters. The molecule has 32 heavy (non-hydrogen) atoms. The lowest BCUT2D eigenvalue weighted by Gasteiger charge is -2.29. The van der Waals surface area contributed by atoms with Gasteiger partial charge in [-0.25, -0.2) is 8.51 Å². The van der Waals surface area contributed by atoms with Crippen LogP contribution in [-0.4, -0.2) is 53.8 Å². The second-order valence-corrected chi connectivity index (χ2v) is 11.3. The van der Waals surface area contributed by atoms with Crippen molar-refractivity contribution in [3.05, 3.63) is 45.8 Å². The van der Waals surface area contributed by atoms with Crippen molar-refractivity contribution in [3.8, 4) is 0 Å². The first-order valence-corrected chi connectivity index (χ1v) is 13.1. The van der Waals surface area contributed by atoms with E-state index in [-0.39, 0.29) is 5.91 Å². The normalized spacial score (nSPS) is 18.2. The van der Waals surface area contributed by atoms with Crippen molar-refractivity contribution in [1.82, 2.24) is 9.62 Å². The topological polar surface area (TPSA) is 61.9 Å². The van der Waals surface area contributed by atoms with Gasteiger partial charge >= 0.3 is 0 Å². The average Bonchev–Trinajstić information content (AvgIpc) is 3.33. The van der Waals surface area contributed by atoms with E-state index in [1.807, 2.05) is 37.2 Å². The molecule has 8 heteroatoms. The number of nitrogens with zero attached hydrogens (tertiary/aromatic N) is 2. The molecule has 0 aromatic heterocycles. The number of thioether (sulfide) groups is 1. The summed E-state index contributed by atoms with van der Waals surface area (Å²) in [6, 6.07) is 6.04. The minimum atomic E-state index is -1.33. The number of allylic oxidation sites excluding steroid dienone is 2. The number of anilines is 1. The third kappa shape index (κ3) is 6.25. The first-order chi connectivity index (χ1) is 15.3. The Kier molecular flexibility index (Phi) is 8.99. The van der Waals surface area contributed by atoms with Crippen molar-refractivity contribution in [2.45, 2.75) is 57.4 Å². The lowest BCUT2D eigenvalue weighted by atomic mass is 10.1. The molecule has 1 aromatic carbocycles. The van der Waals surface area contributed by atoms with Gasteiger partial charge in [-0.15, -0.1) is 0 Å². The summed E-state index contributed by atoms with van der Waals surface area (Å²) in [5.74, 6) is -0.218. The summed E-state index contributed by atoms with van der Waals surface area (Å²) in [4.78, 5) is 17.3. The summed E-state index contributed by atoms with van der Waals surface area (Å²) in [6.45, 7) is 12.5. The summed E-state index contributed by atoms with van der Waals surface area (Å²) in [6.07, 6.45) is 4.68. The van der Waals surface area contributed by atoms with Crippen LogP contribution >= 0.6 is 11.8 Å². The zero-order chi connectivity index (χ0) is 23.3. The van der Waals surface area contributed by atoms with E-state index in [9.17, 15) is 9.00 Å². The molecule has 1 saturated carbocycles. The van der Waals surface area contributed by atoms with Crippen molar-refractivity contribution in [3.63, 3.8) is 0 Å². The van der Waals surface area contributed by atoms with Crippen molar-refractivity contribution in [2.24, 2.45) is 0 Å². The lowest BCUT2D eigenvalue weighted by molar-refractivity contribution is 0.0752. The first kappa shape index (κ1) is 25.0. The third-order valence-electron chi connectivity index (χ3n) is 6.10. The van der Waals surface area contributed by atoms with Crippen molar-refractivity contribution < 1.29 is 13.7 Å². The number of nitrogens with one attached hydrogen (secondary N) is 1. The predicted molar refractivity (Wildman–Crippen MR) is 134 cm³/mol. The van der Waals surface area contributed by atoms with Gasteiger partial charge in [0.1, 0.15) is 11.0 Å². The Morgan fingerprint density at radius 2 is 1.88 bits per heavy atom. The number of morpholine rings is 1. The van der Waals surface area contributed by atoms with Gasteiger partial charge in [-0.2, -0.15) is 0 Å². The number of carbonyl (C=O) groups excluding carboxylic acids is 1. The van der Waals surface area contributed by atoms with Crippen LogP contribution in [0.15, 0.2) is 45.2 Å². The Morgan fingerprint density at radius 3 is 2.50 bits per heavy atom. The van der Waals surface area contributed by atoms with Crippen molar-refractivity contribution in [1.29, 1.82) is 0 Å². The van der Waals surface area contributed by atoms with Crippen molar-refractivity contribution in [2.75, 3.05) is 38.3 Å². The minimum absolute atomic E-state index is 0.218. The summed E-state index contributed by atoms with van der Waals surface area (Å²) >= 11 is 1.46. The molecule has 0 bridgehead atoms. The van der Waals surface area contributed by atoms with E-state index >= 15 is 0 Å². The molecule has 1 atom stereocenters. The van der Waals surface area contributed by atoms with Gasteiger partial charge in [0, 0.05) is 31.9 Å². The standard InChI is InChI=1S/C24H35N3O3S2/c1-17(2)18(3)31-19(4)25-24(28)22-16-21(32(29)27-12-14-30-15-13-27)10-11-23(22)26(5)20-8-6-7-9-20/h10-11,16,20H,4,6-9,12-15H2,1-3,5H3,(H,25,28). The fourth-order valence-electron chi connectivity index (χ4n) is 3.97. The maximum absolute atomic E-state index is 13.3. The van der Waals surface area contributed by atoms with Gasteiger partial charge in [0.05, 0.1) is 28.7 Å². The Labute approximate surface area is 199 Å². The zero-order valence-electron chi connectivity index (χ0n) is 19.6. The maximum atomic E-state index is 13.3. The predicted octanol–water partition coefficient (Wildman–Crippen LogP) is 4.67. The number of amides is 1. The molecule has 1 amide bonds. The Balaban J connectivity index is 1.88. The number of hydrogen-bond acceptors (Lipinski definition) is 5. The second-order valence-electron chi connectivity index (χ2n) is 8.55. The molecular formula is C24H35N3O3S2. The van der Waals surface area contributed by atoms with Crippen LogP contribution in [0.25, 0.3) is 0 Å². The molecule has 6 nitrogen and oxygen atoms in total. The fourth-order valence-corrected chi connectivity index (χ4v) is 5.87. The van der Waals surface area contributed by atoms with Gasteiger partial charge in [0.25, 0.3) is 5.91 Å². The Hall–Kier alpha value is -1.61. The number of ether oxygens (including phenoxy) is 1. The highest BCUT2D eigenvalue weighted by Gasteiger charge is 2.26. The Morgan fingerprint density at radius 1 is 1.22 bits per heavy atom. The average molecular weight is 478 g/mol. The first-order valence-electron chi connectivity index (χ1n) is 11.2. The molecule has 176 valence electrons. The number of hydrogen-bond donors (Lipinski definition) is 1. The molecule has 1 aliphatic carbocycles. The molecule has 1 aliphatic heterocycles. The molecule has 2 aliphatic rings. The van der Waals surface area contributed by atoms with E-state index in [4.69, 9.17) is 4.74 Å². The van der Waals surface area contributed by atoms with Gasteiger partial charge in [0.2, 0.25) is 0 Å². The van der Waals surface area contributed by atoms with Gasteiger partial charge in [-0.1, -0.05) is 36.8 Å². The Bertz CT molecular complexity index is 900. The molecule has 1 saturated heterocycles. The van der Waals surface area contributed by atoms with E-state index in [2.05, 4.69) is 23.8 Å². The van der Waals surface area contributed by atoms with E-state index in [0.717, 1.165) is 23.4 Å². The second kappa shape index (κ2) is 11.5.